The highest BCUT2D eigenvalue weighted by Gasteiger charge is 2.15. The maximum absolute atomic E-state index is 11.9. The maximum Gasteiger partial charge on any atom is 0.252 e. The molecule has 0 saturated heterocycles. The van der Waals surface area contributed by atoms with Gasteiger partial charge in [-0.15, -0.1) is 0 Å². The Bertz CT molecular complexity index is 409. The summed E-state index contributed by atoms with van der Waals surface area (Å²) in [6.45, 7) is 1.92. The minimum atomic E-state index is -0.255. The third-order valence-electron chi connectivity index (χ3n) is 2.18. The van der Waals surface area contributed by atoms with E-state index in [2.05, 4.69) is 21.2 Å². The molecule has 0 radical (unpaired) electrons. The van der Waals surface area contributed by atoms with Crippen molar-refractivity contribution in [2.24, 2.45) is 5.73 Å². The predicted octanol–water partition coefficient (Wildman–Crippen LogP) is 2.24. The summed E-state index contributed by atoms with van der Waals surface area (Å²) in [5.74, 6) is -0.174. The van der Waals surface area contributed by atoms with Crippen LogP contribution >= 0.6 is 28.1 Å². The molecule has 0 saturated carbocycles. The highest BCUT2D eigenvalue weighted by Crippen LogP contribution is 2.15. The van der Waals surface area contributed by atoms with Crippen molar-refractivity contribution in [3.8, 4) is 0 Å². The Morgan fingerprint density at radius 1 is 1.56 bits per heavy atom. The number of benzene rings is 1. The van der Waals surface area contributed by atoms with E-state index in [-0.39, 0.29) is 11.9 Å². The molecule has 0 bridgehead atoms. The zero-order valence-corrected chi connectivity index (χ0v) is 11.3. The van der Waals surface area contributed by atoms with Crippen molar-refractivity contribution in [2.75, 3.05) is 0 Å². The van der Waals surface area contributed by atoms with E-state index >= 15 is 0 Å². The zero-order chi connectivity index (χ0) is 12.1. The van der Waals surface area contributed by atoms with Gasteiger partial charge in [0.25, 0.3) is 5.91 Å². The lowest BCUT2D eigenvalue weighted by atomic mass is 10.1. The number of hydrogen-bond acceptors (Lipinski definition) is 2. The molecule has 0 aliphatic rings. The summed E-state index contributed by atoms with van der Waals surface area (Å²) in [4.78, 5) is 12.2. The van der Waals surface area contributed by atoms with Gasteiger partial charge in [0.2, 0.25) is 0 Å². The van der Waals surface area contributed by atoms with Gasteiger partial charge in [0.05, 0.1) is 16.6 Å². The number of carbonyl (C=O) groups excluding carboxylic acids is 1. The van der Waals surface area contributed by atoms with Crippen LogP contribution in [0.4, 0.5) is 0 Å². The van der Waals surface area contributed by atoms with E-state index < -0.39 is 0 Å². The standard InChI is InChI=1S/C11H13BrN2OS/c1-2-9(10(13)16)14-11(15)7-5-3-4-6-8(7)12/h3-6,9H,2H2,1H3,(H2,13,16)(H,14,15). The zero-order valence-electron chi connectivity index (χ0n) is 8.87. The van der Waals surface area contributed by atoms with Crippen LogP contribution in [0, 0.1) is 0 Å². The summed E-state index contributed by atoms with van der Waals surface area (Å²) < 4.78 is 0.755. The van der Waals surface area contributed by atoms with Gasteiger partial charge in [-0.05, 0) is 34.5 Å². The first-order chi connectivity index (χ1) is 7.56. The molecular weight excluding hydrogens is 288 g/mol. The van der Waals surface area contributed by atoms with Crippen molar-refractivity contribution in [3.63, 3.8) is 0 Å². The highest BCUT2D eigenvalue weighted by atomic mass is 79.9. The van der Waals surface area contributed by atoms with Crippen LogP contribution in [0.3, 0.4) is 0 Å². The Kier molecular flexibility index (Phi) is 4.89. The van der Waals surface area contributed by atoms with Crippen molar-refractivity contribution in [3.05, 3.63) is 34.3 Å². The molecule has 0 aliphatic heterocycles. The minimum Gasteiger partial charge on any atom is -0.392 e. The second-order valence-corrected chi connectivity index (χ2v) is 4.64. The van der Waals surface area contributed by atoms with Crippen molar-refractivity contribution < 1.29 is 4.79 Å². The fraction of sp³-hybridized carbons (Fsp3) is 0.273. The average molecular weight is 301 g/mol. The Morgan fingerprint density at radius 2 is 2.19 bits per heavy atom. The van der Waals surface area contributed by atoms with E-state index in [0.717, 1.165) is 4.47 Å². The van der Waals surface area contributed by atoms with Crippen molar-refractivity contribution in [1.82, 2.24) is 5.32 Å². The van der Waals surface area contributed by atoms with Gasteiger partial charge in [-0.25, -0.2) is 0 Å². The molecule has 1 rings (SSSR count). The van der Waals surface area contributed by atoms with Crippen LogP contribution in [0.1, 0.15) is 23.7 Å². The van der Waals surface area contributed by atoms with E-state index in [1.165, 1.54) is 0 Å². The van der Waals surface area contributed by atoms with Gasteiger partial charge in [-0.3, -0.25) is 4.79 Å². The highest BCUT2D eigenvalue weighted by molar-refractivity contribution is 9.10. The predicted molar refractivity (Wildman–Crippen MR) is 72.5 cm³/mol. The third kappa shape index (κ3) is 3.28. The summed E-state index contributed by atoms with van der Waals surface area (Å²) >= 11 is 8.19. The van der Waals surface area contributed by atoms with E-state index in [4.69, 9.17) is 18.0 Å². The molecule has 3 N–H and O–H groups in total. The molecule has 3 nitrogen and oxygen atoms in total. The molecule has 1 aromatic carbocycles. The molecule has 1 amide bonds. The average Bonchev–Trinajstić information content (AvgIpc) is 2.25. The second kappa shape index (κ2) is 5.96. The molecule has 0 heterocycles. The van der Waals surface area contributed by atoms with Crippen LogP contribution in [0.5, 0.6) is 0 Å². The number of nitrogens with two attached hydrogens (primary N) is 1. The monoisotopic (exact) mass is 300 g/mol. The van der Waals surface area contributed by atoms with Crippen molar-refractivity contribution in [2.45, 2.75) is 19.4 Å². The molecule has 0 fully saturated rings. The number of amides is 1. The number of halogens is 1. The quantitative estimate of drug-likeness (QED) is 0.839. The second-order valence-electron chi connectivity index (χ2n) is 3.32. The van der Waals surface area contributed by atoms with Crippen LogP contribution in [0.25, 0.3) is 0 Å². The molecule has 16 heavy (non-hydrogen) atoms. The fourth-order valence-electron chi connectivity index (χ4n) is 1.26. The lowest BCUT2D eigenvalue weighted by Crippen LogP contribution is -2.43. The van der Waals surface area contributed by atoms with Gasteiger partial charge in [0.15, 0.2) is 0 Å². The Morgan fingerprint density at radius 3 is 2.69 bits per heavy atom. The minimum absolute atomic E-state index is 0.174. The topological polar surface area (TPSA) is 55.1 Å². The van der Waals surface area contributed by atoms with Crippen LogP contribution in [0.2, 0.25) is 0 Å². The largest absolute Gasteiger partial charge is 0.392 e. The molecule has 0 aromatic heterocycles. The first-order valence-corrected chi connectivity index (χ1v) is 6.11. The lowest BCUT2D eigenvalue weighted by Gasteiger charge is -2.15. The van der Waals surface area contributed by atoms with Gasteiger partial charge >= 0.3 is 0 Å². The Balaban J connectivity index is 2.80. The van der Waals surface area contributed by atoms with E-state index in [1.54, 1.807) is 12.1 Å². The summed E-state index contributed by atoms with van der Waals surface area (Å²) in [7, 11) is 0. The molecule has 5 heteroatoms. The Labute approximate surface area is 109 Å². The summed E-state index contributed by atoms with van der Waals surface area (Å²) in [6.07, 6.45) is 0.686. The van der Waals surface area contributed by atoms with Crippen LogP contribution in [0.15, 0.2) is 28.7 Å². The van der Waals surface area contributed by atoms with Gasteiger partial charge in [-0.1, -0.05) is 31.3 Å². The van der Waals surface area contributed by atoms with Crippen molar-refractivity contribution >= 4 is 39.0 Å². The molecule has 86 valence electrons. The number of nitrogens with one attached hydrogen (secondary N) is 1. The molecule has 0 aliphatic carbocycles. The number of hydrogen-bond donors (Lipinski definition) is 2. The summed E-state index contributed by atoms with van der Waals surface area (Å²) in [6, 6.07) is 6.96. The van der Waals surface area contributed by atoms with E-state index in [0.29, 0.717) is 17.0 Å². The SMILES string of the molecule is CCC(NC(=O)c1ccccc1Br)C(N)=S. The smallest absolute Gasteiger partial charge is 0.252 e. The number of rotatable bonds is 4. The molecule has 0 spiro atoms. The first kappa shape index (κ1) is 13.1. The molecule has 1 atom stereocenters. The number of thiocarbonyl (C=S) groups is 1. The third-order valence-corrected chi connectivity index (χ3v) is 3.15. The van der Waals surface area contributed by atoms with Crippen molar-refractivity contribution in [1.29, 1.82) is 0 Å². The van der Waals surface area contributed by atoms with Crippen LogP contribution < -0.4 is 11.1 Å². The van der Waals surface area contributed by atoms with Crippen LogP contribution in [-0.2, 0) is 0 Å². The number of carbonyl (C=O) groups is 1. The normalized spacial score (nSPS) is 11.9. The van der Waals surface area contributed by atoms with E-state index in [1.807, 2.05) is 19.1 Å². The van der Waals surface area contributed by atoms with E-state index in [9.17, 15) is 4.79 Å². The summed E-state index contributed by atoms with van der Waals surface area (Å²) in [5.41, 5.74) is 6.10. The van der Waals surface area contributed by atoms with Gasteiger partial charge in [-0.2, -0.15) is 0 Å². The van der Waals surface area contributed by atoms with Gasteiger partial charge in [0.1, 0.15) is 0 Å². The lowest BCUT2D eigenvalue weighted by molar-refractivity contribution is 0.0945. The molecular formula is C11H13BrN2OS. The maximum atomic E-state index is 11.9. The molecule has 1 aromatic rings. The molecule has 1 unspecified atom stereocenters. The summed E-state index contributed by atoms with van der Waals surface area (Å²) in [5, 5.41) is 2.79. The van der Waals surface area contributed by atoms with Gasteiger partial charge < -0.3 is 11.1 Å². The van der Waals surface area contributed by atoms with Crippen LogP contribution in [-0.4, -0.2) is 16.9 Å². The first-order valence-electron chi connectivity index (χ1n) is 4.91. The Hall–Kier alpha value is -0.940. The van der Waals surface area contributed by atoms with Gasteiger partial charge in [0, 0.05) is 4.47 Å². The fourth-order valence-corrected chi connectivity index (χ4v) is 1.95.